The Morgan fingerprint density at radius 1 is 1.00 bits per heavy atom. The molecule has 1 saturated heterocycles. The van der Waals surface area contributed by atoms with E-state index in [0.717, 1.165) is 0 Å². The summed E-state index contributed by atoms with van der Waals surface area (Å²) in [6, 6.07) is 12.5. The molecule has 0 radical (unpaired) electrons. The van der Waals surface area contributed by atoms with Crippen LogP contribution in [0.15, 0.2) is 59.5 Å². The van der Waals surface area contributed by atoms with Crippen molar-refractivity contribution in [2.75, 3.05) is 6.54 Å². The fourth-order valence-electron chi connectivity index (χ4n) is 3.23. The van der Waals surface area contributed by atoms with Gasteiger partial charge < -0.3 is 0 Å². The molecule has 1 heterocycles. The van der Waals surface area contributed by atoms with Crippen molar-refractivity contribution >= 4 is 21.8 Å². The number of benzene rings is 2. The van der Waals surface area contributed by atoms with Gasteiger partial charge in [0.1, 0.15) is 11.9 Å². The third-order valence-electron chi connectivity index (χ3n) is 4.71. The van der Waals surface area contributed by atoms with Gasteiger partial charge in [0.2, 0.25) is 15.9 Å². The highest BCUT2D eigenvalue weighted by Gasteiger charge is 2.37. The van der Waals surface area contributed by atoms with E-state index in [1.165, 1.54) is 40.7 Å². The van der Waals surface area contributed by atoms with Crippen molar-refractivity contribution in [3.8, 4) is 0 Å². The minimum absolute atomic E-state index is 0.0444. The van der Waals surface area contributed by atoms with Gasteiger partial charge in [0.15, 0.2) is 0 Å². The van der Waals surface area contributed by atoms with Crippen molar-refractivity contribution in [3.63, 3.8) is 0 Å². The van der Waals surface area contributed by atoms with E-state index in [4.69, 9.17) is 0 Å². The van der Waals surface area contributed by atoms with Crippen molar-refractivity contribution in [3.05, 3.63) is 66.0 Å². The number of piperidine rings is 1. The summed E-state index contributed by atoms with van der Waals surface area (Å²) in [4.78, 5) is 24.8. The summed E-state index contributed by atoms with van der Waals surface area (Å²) in [5.41, 5.74) is 5.21. The van der Waals surface area contributed by atoms with Crippen molar-refractivity contribution in [1.29, 1.82) is 0 Å². The Hall–Kier alpha value is -2.78. The molecule has 2 amide bonds. The van der Waals surface area contributed by atoms with Crippen LogP contribution in [0, 0.1) is 5.82 Å². The maximum atomic E-state index is 12.9. The zero-order valence-corrected chi connectivity index (χ0v) is 16.5. The van der Waals surface area contributed by atoms with Gasteiger partial charge in [0, 0.05) is 6.54 Å². The van der Waals surface area contributed by atoms with Crippen LogP contribution in [-0.4, -0.2) is 37.1 Å². The minimum Gasteiger partial charge on any atom is -0.273 e. The van der Waals surface area contributed by atoms with E-state index in [2.05, 4.69) is 10.9 Å². The monoisotopic (exact) mass is 419 g/mol. The topological polar surface area (TPSA) is 95.6 Å². The van der Waals surface area contributed by atoms with Crippen LogP contribution >= 0.6 is 0 Å². The highest BCUT2D eigenvalue weighted by molar-refractivity contribution is 7.89. The molecular weight excluding hydrogens is 397 g/mol. The molecular formula is C20H22FN3O4S. The summed E-state index contributed by atoms with van der Waals surface area (Å²) >= 11 is 0. The van der Waals surface area contributed by atoms with Crippen LogP contribution in [0.3, 0.4) is 0 Å². The SMILES string of the molecule is O=C(Cc1ccc(F)cc1)NNC(=O)C1CCCCN1S(=O)(=O)c1ccccc1. The summed E-state index contributed by atoms with van der Waals surface area (Å²) in [6.07, 6.45) is 1.69. The zero-order valence-electron chi connectivity index (χ0n) is 15.7. The fourth-order valence-corrected chi connectivity index (χ4v) is 4.91. The number of nitrogens with one attached hydrogen (secondary N) is 2. The molecule has 3 rings (SSSR count). The van der Waals surface area contributed by atoms with E-state index >= 15 is 0 Å². The first-order valence-corrected chi connectivity index (χ1v) is 10.7. The Morgan fingerprint density at radius 2 is 1.69 bits per heavy atom. The van der Waals surface area contributed by atoms with Crippen LogP contribution in [0.2, 0.25) is 0 Å². The average molecular weight is 419 g/mol. The van der Waals surface area contributed by atoms with Crippen molar-refractivity contribution < 1.29 is 22.4 Å². The molecule has 154 valence electrons. The summed E-state index contributed by atoms with van der Waals surface area (Å²) < 4.78 is 40.0. The second-order valence-electron chi connectivity index (χ2n) is 6.78. The standard InChI is InChI=1S/C20H22FN3O4S/c21-16-11-9-15(10-12-16)14-19(25)22-23-20(26)18-8-4-5-13-24(18)29(27,28)17-6-2-1-3-7-17/h1-3,6-7,9-12,18H,4-5,8,13-14H2,(H,22,25)(H,23,26). The number of sulfonamides is 1. The molecule has 0 bridgehead atoms. The summed E-state index contributed by atoms with van der Waals surface area (Å²) in [5, 5.41) is 0. The first kappa shape index (κ1) is 20.9. The second-order valence-corrected chi connectivity index (χ2v) is 8.67. The normalized spacial score (nSPS) is 17.5. The Balaban J connectivity index is 1.63. The molecule has 7 nitrogen and oxygen atoms in total. The average Bonchev–Trinajstić information content (AvgIpc) is 2.74. The van der Waals surface area contributed by atoms with E-state index in [0.29, 0.717) is 24.8 Å². The van der Waals surface area contributed by atoms with Crippen molar-refractivity contribution in [2.24, 2.45) is 0 Å². The molecule has 0 spiro atoms. The van der Waals surface area contributed by atoms with Crippen LogP contribution in [0.25, 0.3) is 0 Å². The lowest BCUT2D eigenvalue weighted by Crippen LogP contribution is -2.55. The molecule has 1 atom stereocenters. The van der Waals surface area contributed by atoms with Gasteiger partial charge >= 0.3 is 0 Å². The number of carbonyl (C=O) groups excluding carboxylic acids is 2. The third-order valence-corrected chi connectivity index (χ3v) is 6.63. The van der Waals surface area contributed by atoms with Gasteiger partial charge in [-0.15, -0.1) is 0 Å². The third kappa shape index (κ3) is 5.18. The molecule has 2 aromatic rings. The molecule has 0 saturated carbocycles. The molecule has 9 heteroatoms. The number of hydrogen-bond donors (Lipinski definition) is 2. The van der Waals surface area contributed by atoms with Gasteiger partial charge in [0.25, 0.3) is 5.91 Å². The molecule has 29 heavy (non-hydrogen) atoms. The molecule has 0 aliphatic carbocycles. The summed E-state index contributed by atoms with van der Waals surface area (Å²) in [5.74, 6) is -1.48. The number of nitrogens with zero attached hydrogens (tertiary/aromatic N) is 1. The van der Waals surface area contributed by atoms with Crippen LogP contribution in [-0.2, 0) is 26.0 Å². The van der Waals surface area contributed by atoms with Crippen LogP contribution in [0.4, 0.5) is 4.39 Å². The molecule has 1 unspecified atom stereocenters. The minimum atomic E-state index is -3.82. The first-order chi connectivity index (χ1) is 13.9. The van der Waals surface area contributed by atoms with Crippen molar-refractivity contribution in [2.45, 2.75) is 36.6 Å². The first-order valence-electron chi connectivity index (χ1n) is 9.28. The Bertz CT molecular complexity index is 965. The molecule has 0 aromatic heterocycles. The zero-order chi connectivity index (χ0) is 20.9. The lowest BCUT2D eigenvalue weighted by Gasteiger charge is -2.33. The number of amides is 2. The van der Waals surface area contributed by atoms with E-state index in [9.17, 15) is 22.4 Å². The molecule has 2 aromatic carbocycles. The van der Waals surface area contributed by atoms with Gasteiger partial charge in [-0.1, -0.05) is 36.8 Å². The number of halogens is 1. The predicted molar refractivity (Wildman–Crippen MR) is 104 cm³/mol. The Morgan fingerprint density at radius 3 is 2.38 bits per heavy atom. The van der Waals surface area contributed by atoms with Crippen LogP contribution in [0.1, 0.15) is 24.8 Å². The second kappa shape index (κ2) is 9.15. The quantitative estimate of drug-likeness (QED) is 0.722. The molecule has 1 aliphatic rings. The maximum Gasteiger partial charge on any atom is 0.256 e. The molecule has 1 fully saturated rings. The molecule has 2 N–H and O–H groups in total. The lowest BCUT2D eigenvalue weighted by atomic mass is 10.0. The van der Waals surface area contributed by atoms with Gasteiger partial charge in [-0.05, 0) is 42.7 Å². The highest BCUT2D eigenvalue weighted by atomic mass is 32.2. The highest BCUT2D eigenvalue weighted by Crippen LogP contribution is 2.25. The summed E-state index contributed by atoms with van der Waals surface area (Å²) in [6.45, 7) is 0.235. The van der Waals surface area contributed by atoms with Crippen LogP contribution in [0.5, 0.6) is 0 Å². The Labute approximate surface area is 168 Å². The van der Waals surface area contributed by atoms with E-state index in [1.54, 1.807) is 18.2 Å². The number of hydrazine groups is 1. The van der Waals surface area contributed by atoms with Gasteiger partial charge in [-0.3, -0.25) is 20.4 Å². The maximum absolute atomic E-state index is 12.9. The molecule has 1 aliphatic heterocycles. The van der Waals surface area contributed by atoms with Gasteiger partial charge in [-0.2, -0.15) is 4.31 Å². The van der Waals surface area contributed by atoms with E-state index in [-0.39, 0.29) is 17.9 Å². The smallest absolute Gasteiger partial charge is 0.256 e. The number of carbonyl (C=O) groups is 2. The Kier molecular flexibility index (Phi) is 6.60. The largest absolute Gasteiger partial charge is 0.273 e. The van der Waals surface area contributed by atoms with E-state index in [1.807, 2.05) is 0 Å². The van der Waals surface area contributed by atoms with Crippen molar-refractivity contribution in [1.82, 2.24) is 15.2 Å². The fraction of sp³-hybridized carbons (Fsp3) is 0.300. The lowest BCUT2D eigenvalue weighted by molar-refractivity contribution is -0.131. The van der Waals surface area contributed by atoms with Crippen LogP contribution < -0.4 is 10.9 Å². The predicted octanol–water partition coefficient (Wildman–Crippen LogP) is 1.76. The van der Waals surface area contributed by atoms with Gasteiger partial charge in [-0.25, -0.2) is 12.8 Å². The van der Waals surface area contributed by atoms with E-state index < -0.39 is 33.7 Å². The number of hydrogen-bond acceptors (Lipinski definition) is 4. The van der Waals surface area contributed by atoms with Gasteiger partial charge in [0.05, 0.1) is 11.3 Å². The summed E-state index contributed by atoms with van der Waals surface area (Å²) in [7, 11) is -3.82. The number of rotatable bonds is 5.